The maximum Gasteiger partial charge on any atom is 0.324 e. The summed E-state index contributed by atoms with van der Waals surface area (Å²) in [4.78, 5) is 40.1. The molecule has 31 heavy (non-hydrogen) atoms. The third-order valence-electron chi connectivity index (χ3n) is 6.00. The largest absolute Gasteiger partial charge is 0.480 e. The van der Waals surface area contributed by atoms with Gasteiger partial charge in [-0.3, -0.25) is 19.7 Å². The van der Waals surface area contributed by atoms with E-state index in [0.717, 1.165) is 10.5 Å². The highest BCUT2D eigenvalue weighted by atomic mass is 35.5. The first kappa shape index (κ1) is 22.4. The van der Waals surface area contributed by atoms with E-state index in [1.54, 1.807) is 19.1 Å². The topological polar surface area (TPSA) is 86.7 Å². The van der Waals surface area contributed by atoms with E-state index in [1.165, 1.54) is 25.1 Å². The summed E-state index contributed by atoms with van der Waals surface area (Å²) in [6, 6.07) is 6.87. The predicted octanol–water partition coefficient (Wildman–Crippen LogP) is 4.90. The van der Waals surface area contributed by atoms with Crippen LogP contribution < -0.4 is 10.2 Å². The van der Waals surface area contributed by atoms with E-state index in [9.17, 15) is 19.5 Å². The number of anilines is 1. The van der Waals surface area contributed by atoms with Crippen LogP contribution in [0.4, 0.5) is 5.69 Å². The monoisotopic (exact) mass is 500 g/mol. The molecule has 2 aliphatic heterocycles. The second kappa shape index (κ2) is 7.64. The fraction of sp³-hybridized carbons (Fsp3) is 0.286. The molecule has 2 aliphatic rings. The first-order valence-corrected chi connectivity index (χ1v) is 10.8. The predicted molar refractivity (Wildman–Crippen MR) is 119 cm³/mol. The van der Waals surface area contributed by atoms with Crippen LogP contribution in [0.5, 0.6) is 0 Å². The maximum absolute atomic E-state index is 13.5. The minimum absolute atomic E-state index is 0.133. The van der Waals surface area contributed by atoms with Crippen molar-refractivity contribution < 1.29 is 19.5 Å². The average Bonchev–Trinajstić information content (AvgIpc) is 3.15. The molecule has 0 aromatic heterocycles. The first-order valence-electron chi connectivity index (χ1n) is 9.27. The lowest BCUT2D eigenvalue weighted by molar-refractivity contribution is -0.147. The van der Waals surface area contributed by atoms with Crippen LogP contribution in [0.2, 0.25) is 20.1 Å². The van der Waals surface area contributed by atoms with E-state index in [-0.39, 0.29) is 20.8 Å². The average molecular weight is 502 g/mol. The van der Waals surface area contributed by atoms with Crippen LogP contribution in [0.1, 0.15) is 24.1 Å². The lowest BCUT2D eigenvalue weighted by Crippen LogP contribution is -2.53. The van der Waals surface area contributed by atoms with E-state index in [4.69, 9.17) is 46.4 Å². The van der Waals surface area contributed by atoms with Crippen molar-refractivity contribution in [2.24, 2.45) is 11.8 Å². The van der Waals surface area contributed by atoms with E-state index in [0.29, 0.717) is 10.6 Å². The van der Waals surface area contributed by atoms with Gasteiger partial charge in [0.05, 0.1) is 27.6 Å². The summed E-state index contributed by atoms with van der Waals surface area (Å²) in [6.07, 6.45) is 0. The molecular formula is C21H16Cl4N2O4. The second-order valence-corrected chi connectivity index (χ2v) is 9.50. The molecular weight excluding hydrogens is 486 g/mol. The summed E-state index contributed by atoms with van der Waals surface area (Å²) in [7, 11) is 0. The molecule has 4 atom stereocenters. The Hall–Kier alpha value is -1.83. The number of nitrogens with one attached hydrogen (secondary N) is 1. The number of aryl methyl sites for hydroxylation is 1. The fourth-order valence-corrected chi connectivity index (χ4v) is 5.29. The standard InChI is InChI=1S/C21H16Cl4N2O4/c1-8-3-4-10(7-12(8)23)27-18(28)14-15(19(27)29)21(2,20(30)31)26-17(14)11-5-9(22)6-13(24)16(11)25/h3-7,14-15,17,26H,1-2H3,(H,30,31). The molecule has 0 spiro atoms. The van der Waals surface area contributed by atoms with E-state index in [2.05, 4.69) is 5.32 Å². The molecule has 6 nitrogen and oxygen atoms in total. The Morgan fingerprint density at radius 1 is 1.06 bits per heavy atom. The molecule has 0 radical (unpaired) electrons. The fourth-order valence-electron chi connectivity index (χ4n) is 4.38. The molecule has 2 aromatic rings. The van der Waals surface area contributed by atoms with Gasteiger partial charge < -0.3 is 5.11 Å². The van der Waals surface area contributed by atoms with Gasteiger partial charge in [0, 0.05) is 16.1 Å². The first-order chi connectivity index (χ1) is 14.5. The van der Waals surface area contributed by atoms with E-state index in [1.807, 2.05) is 0 Å². The van der Waals surface area contributed by atoms with Gasteiger partial charge in [0.2, 0.25) is 11.8 Å². The number of benzene rings is 2. The molecule has 2 aromatic carbocycles. The molecule has 4 rings (SSSR count). The molecule has 2 amide bonds. The number of imide groups is 1. The van der Waals surface area contributed by atoms with E-state index >= 15 is 0 Å². The molecule has 2 N–H and O–H groups in total. The van der Waals surface area contributed by atoms with Gasteiger partial charge >= 0.3 is 5.97 Å². The minimum Gasteiger partial charge on any atom is -0.480 e. The van der Waals surface area contributed by atoms with Crippen molar-refractivity contribution in [2.45, 2.75) is 25.4 Å². The molecule has 10 heteroatoms. The van der Waals surface area contributed by atoms with Gasteiger partial charge in [-0.1, -0.05) is 52.5 Å². The van der Waals surface area contributed by atoms with Crippen LogP contribution in [0.15, 0.2) is 30.3 Å². The van der Waals surface area contributed by atoms with Crippen molar-refractivity contribution in [2.75, 3.05) is 4.90 Å². The van der Waals surface area contributed by atoms with Crippen molar-refractivity contribution >= 4 is 69.9 Å². The Labute approximate surface area is 198 Å². The normalized spacial score (nSPS) is 27.7. The quantitative estimate of drug-likeness (QED) is 0.461. The molecule has 2 saturated heterocycles. The zero-order valence-electron chi connectivity index (χ0n) is 16.2. The maximum atomic E-state index is 13.5. The Balaban J connectivity index is 1.88. The van der Waals surface area contributed by atoms with Crippen LogP contribution >= 0.6 is 46.4 Å². The van der Waals surface area contributed by atoms with Crippen molar-refractivity contribution in [1.29, 1.82) is 0 Å². The summed E-state index contributed by atoms with van der Waals surface area (Å²) in [5.74, 6) is -4.64. The molecule has 162 valence electrons. The van der Waals surface area contributed by atoms with Gasteiger partial charge in [-0.2, -0.15) is 0 Å². The molecule has 2 fully saturated rings. The Morgan fingerprint density at radius 3 is 2.35 bits per heavy atom. The number of carbonyl (C=O) groups is 3. The molecule has 0 aliphatic carbocycles. The summed E-state index contributed by atoms with van der Waals surface area (Å²) in [5.41, 5.74) is -0.311. The highest BCUT2D eigenvalue weighted by Gasteiger charge is 2.67. The van der Waals surface area contributed by atoms with Crippen molar-refractivity contribution in [3.63, 3.8) is 0 Å². The highest BCUT2D eigenvalue weighted by Crippen LogP contribution is 2.51. The third kappa shape index (κ3) is 3.33. The number of carboxylic acid groups (broad SMARTS) is 1. The SMILES string of the molecule is Cc1ccc(N2C(=O)C3C(c4cc(Cl)cc(Cl)c4Cl)NC(C)(C(=O)O)C3C2=O)cc1Cl. The Morgan fingerprint density at radius 2 is 1.74 bits per heavy atom. The lowest BCUT2D eigenvalue weighted by atomic mass is 9.80. The molecule has 2 heterocycles. The van der Waals surface area contributed by atoms with Crippen molar-refractivity contribution in [3.8, 4) is 0 Å². The third-order valence-corrected chi connectivity index (χ3v) is 7.44. The van der Waals surface area contributed by atoms with Crippen LogP contribution in [-0.4, -0.2) is 28.4 Å². The number of fused-ring (bicyclic) bond motifs is 1. The number of nitrogens with zero attached hydrogens (tertiary/aromatic N) is 1. The van der Waals surface area contributed by atoms with Gasteiger partial charge in [0.1, 0.15) is 5.54 Å². The number of halogens is 4. The number of rotatable bonds is 3. The highest BCUT2D eigenvalue weighted by molar-refractivity contribution is 6.43. The lowest BCUT2D eigenvalue weighted by Gasteiger charge is -2.27. The second-order valence-electron chi connectivity index (χ2n) is 7.87. The van der Waals surface area contributed by atoms with Crippen molar-refractivity contribution in [3.05, 3.63) is 61.5 Å². The van der Waals surface area contributed by atoms with Crippen LogP contribution in [0.3, 0.4) is 0 Å². The number of aliphatic carboxylic acids is 1. The zero-order chi connectivity index (χ0) is 22.8. The minimum atomic E-state index is -1.72. The molecule has 0 saturated carbocycles. The van der Waals surface area contributed by atoms with Crippen LogP contribution in [0.25, 0.3) is 0 Å². The summed E-state index contributed by atoms with van der Waals surface area (Å²) >= 11 is 24.9. The number of carbonyl (C=O) groups excluding carboxylic acids is 2. The van der Waals surface area contributed by atoms with Crippen LogP contribution in [0, 0.1) is 18.8 Å². The molecule has 4 unspecified atom stereocenters. The van der Waals surface area contributed by atoms with Gasteiger partial charge in [-0.05, 0) is 49.2 Å². The number of hydrogen-bond donors (Lipinski definition) is 2. The Bertz CT molecular complexity index is 1150. The smallest absolute Gasteiger partial charge is 0.324 e. The van der Waals surface area contributed by atoms with Crippen LogP contribution in [-0.2, 0) is 14.4 Å². The van der Waals surface area contributed by atoms with Gasteiger partial charge in [-0.15, -0.1) is 0 Å². The zero-order valence-corrected chi connectivity index (χ0v) is 19.3. The van der Waals surface area contributed by atoms with E-state index < -0.39 is 41.2 Å². The summed E-state index contributed by atoms with van der Waals surface area (Å²) in [6.45, 7) is 3.17. The summed E-state index contributed by atoms with van der Waals surface area (Å²) < 4.78 is 0. The summed E-state index contributed by atoms with van der Waals surface area (Å²) in [5, 5.41) is 13.8. The molecule has 0 bridgehead atoms. The van der Waals surface area contributed by atoms with Gasteiger partial charge in [-0.25, -0.2) is 4.90 Å². The van der Waals surface area contributed by atoms with Crippen molar-refractivity contribution in [1.82, 2.24) is 5.32 Å². The number of amides is 2. The van der Waals surface area contributed by atoms with Gasteiger partial charge in [0.15, 0.2) is 0 Å². The van der Waals surface area contributed by atoms with Gasteiger partial charge in [0.25, 0.3) is 0 Å². The number of hydrogen-bond acceptors (Lipinski definition) is 4. The number of carboxylic acids is 1. The Kier molecular flexibility index (Phi) is 5.51.